The highest BCUT2D eigenvalue weighted by Gasteiger charge is 2.48. The molecule has 0 heterocycles. The molecule has 2 N–H and O–H groups in total. The van der Waals surface area contributed by atoms with Gasteiger partial charge in [-0.15, -0.1) is 0 Å². The minimum Gasteiger partial charge on any atom is -0.327 e. The van der Waals surface area contributed by atoms with Gasteiger partial charge in [-0.25, -0.2) is 0 Å². The van der Waals surface area contributed by atoms with Crippen LogP contribution in [0.5, 0.6) is 0 Å². The summed E-state index contributed by atoms with van der Waals surface area (Å²) in [6.45, 7) is 6.83. The summed E-state index contributed by atoms with van der Waals surface area (Å²) in [5.74, 6) is 0.665. The van der Waals surface area contributed by atoms with Gasteiger partial charge >= 0.3 is 0 Å². The fourth-order valence-corrected chi connectivity index (χ4v) is 3.12. The van der Waals surface area contributed by atoms with E-state index >= 15 is 0 Å². The molecule has 0 spiro atoms. The Labute approximate surface area is 105 Å². The number of hydrogen-bond acceptors (Lipinski definition) is 1. The van der Waals surface area contributed by atoms with Crippen molar-refractivity contribution in [2.75, 3.05) is 0 Å². The Bertz CT molecular complexity index is 368. The van der Waals surface area contributed by atoms with E-state index in [1.165, 1.54) is 30.4 Å². The van der Waals surface area contributed by atoms with Gasteiger partial charge in [0.15, 0.2) is 0 Å². The van der Waals surface area contributed by atoms with Crippen LogP contribution in [-0.4, -0.2) is 6.04 Å². The molecule has 1 nitrogen and oxygen atoms in total. The van der Waals surface area contributed by atoms with E-state index in [4.69, 9.17) is 5.73 Å². The molecule has 1 fully saturated rings. The van der Waals surface area contributed by atoms with Gasteiger partial charge in [0.25, 0.3) is 0 Å². The van der Waals surface area contributed by atoms with Gasteiger partial charge in [0.1, 0.15) is 0 Å². The molecule has 1 aliphatic rings. The lowest BCUT2D eigenvalue weighted by atomic mass is 9.54. The quantitative estimate of drug-likeness (QED) is 0.836. The fourth-order valence-electron chi connectivity index (χ4n) is 3.12. The van der Waals surface area contributed by atoms with E-state index < -0.39 is 0 Å². The lowest BCUT2D eigenvalue weighted by Gasteiger charge is -2.53. The lowest BCUT2D eigenvalue weighted by Crippen LogP contribution is -2.54. The second-order valence-corrected chi connectivity index (χ2v) is 5.75. The maximum atomic E-state index is 6.17. The molecule has 1 saturated carbocycles. The molecule has 3 unspecified atom stereocenters. The molecule has 3 atom stereocenters. The molecular weight excluding hydrogens is 206 g/mol. The molecular formula is C16H25N. The molecule has 1 heteroatoms. The second-order valence-electron chi connectivity index (χ2n) is 5.75. The molecule has 17 heavy (non-hydrogen) atoms. The number of rotatable bonds is 4. The van der Waals surface area contributed by atoms with Crippen molar-refractivity contribution in [1.82, 2.24) is 0 Å². The summed E-state index contributed by atoms with van der Waals surface area (Å²) < 4.78 is 0. The summed E-state index contributed by atoms with van der Waals surface area (Å²) in [6.07, 6.45) is 4.74. The SMILES string of the molecule is CCCc1ccc(C2CC(N)C2(C)CC)cc1. The Kier molecular flexibility index (Phi) is 3.58. The van der Waals surface area contributed by atoms with E-state index in [2.05, 4.69) is 45.0 Å². The van der Waals surface area contributed by atoms with Crippen molar-refractivity contribution in [2.24, 2.45) is 11.1 Å². The van der Waals surface area contributed by atoms with Crippen LogP contribution in [0.2, 0.25) is 0 Å². The Balaban J connectivity index is 2.13. The van der Waals surface area contributed by atoms with E-state index in [-0.39, 0.29) is 0 Å². The molecule has 94 valence electrons. The van der Waals surface area contributed by atoms with Crippen LogP contribution in [0.4, 0.5) is 0 Å². The van der Waals surface area contributed by atoms with E-state index in [9.17, 15) is 0 Å². The van der Waals surface area contributed by atoms with E-state index in [1.807, 2.05) is 0 Å². The molecule has 1 aliphatic carbocycles. The first kappa shape index (κ1) is 12.6. The first-order valence-electron chi connectivity index (χ1n) is 6.96. The third-order valence-electron chi connectivity index (χ3n) is 4.82. The molecule has 0 bridgehead atoms. The molecule has 2 rings (SSSR count). The van der Waals surface area contributed by atoms with Crippen molar-refractivity contribution in [1.29, 1.82) is 0 Å². The van der Waals surface area contributed by atoms with E-state index in [0.29, 0.717) is 17.4 Å². The van der Waals surface area contributed by atoms with Crippen LogP contribution in [-0.2, 0) is 6.42 Å². The fraction of sp³-hybridized carbons (Fsp3) is 0.625. The maximum Gasteiger partial charge on any atom is 0.0105 e. The molecule has 0 aromatic heterocycles. The summed E-state index contributed by atoms with van der Waals surface area (Å²) in [4.78, 5) is 0. The number of hydrogen-bond donors (Lipinski definition) is 1. The summed E-state index contributed by atoms with van der Waals surface area (Å²) >= 11 is 0. The second kappa shape index (κ2) is 4.81. The van der Waals surface area contributed by atoms with E-state index in [0.717, 1.165) is 6.42 Å². The van der Waals surface area contributed by atoms with Gasteiger partial charge in [0.2, 0.25) is 0 Å². The molecule has 1 aromatic carbocycles. The minimum atomic E-state index is 0.312. The number of aryl methyl sites for hydroxylation is 1. The standard InChI is InChI=1S/C16H25N/c1-4-6-12-7-9-13(10-8-12)14-11-15(17)16(14,3)5-2/h7-10,14-15H,4-6,11,17H2,1-3H3. The first-order chi connectivity index (χ1) is 8.11. The molecule has 0 saturated heterocycles. The third kappa shape index (κ3) is 2.13. The summed E-state index contributed by atoms with van der Waals surface area (Å²) in [5.41, 5.74) is 9.42. The van der Waals surface area contributed by atoms with Gasteiger partial charge in [-0.2, -0.15) is 0 Å². The predicted octanol–water partition coefficient (Wildman–Crippen LogP) is 3.87. The predicted molar refractivity (Wildman–Crippen MR) is 74.2 cm³/mol. The van der Waals surface area contributed by atoms with E-state index in [1.54, 1.807) is 0 Å². The van der Waals surface area contributed by atoms with Gasteiger partial charge in [-0.05, 0) is 41.7 Å². The molecule has 0 amide bonds. The Morgan fingerprint density at radius 1 is 1.24 bits per heavy atom. The smallest absolute Gasteiger partial charge is 0.0105 e. The normalized spacial score (nSPS) is 32.2. The largest absolute Gasteiger partial charge is 0.327 e. The topological polar surface area (TPSA) is 26.0 Å². The van der Waals surface area contributed by atoms with Gasteiger partial charge in [-0.1, -0.05) is 51.5 Å². The zero-order chi connectivity index (χ0) is 12.5. The van der Waals surface area contributed by atoms with Crippen molar-refractivity contribution in [3.8, 4) is 0 Å². The summed E-state index contributed by atoms with van der Waals surface area (Å²) in [6, 6.07) is 9.59. The van der Waals surface area contributed by atoms with Gasteiger partial charge in [-0.3, -0.25) is 0 Å². The Morgan fingerprint density at radius 2 is 1.88 bits per heavy atom. The molecule has 0 radical (unpaired) electrons. The van der Waals surface area contributed by atoms with Crippen molar-refractivity contribution in [3.05, 3.63) is 35.4 Å². The zero-order valence-corrected chi connectivity index (χ0v) is 11.4. The van der Waals surface area contributed by atoms with Crippen molar-refractivity contribution < 1.29 is 0 Å². The molecule has 0 aliphatic heterocycles. The minimum absolute atomic E-state index is 0.312. The zero-order valence-electron chi connectivity index (χ0n) is 11.4. The highest BCUT2D eigenvalue weighted by molar-refractivity contribution is 5.30. The van der Waals surface area contributed by atoms with Gasteiger partial charge in [0, 0.05) is 6.04 Å². The van der Waals surface area contributed by atoms with Gasteiger partial charge in [0.05, 0.1) is 0 Å². The number of benzene rings is 1. The average molecular weight is 231 g/mol. The van der Waals surface area contributed by atoms with Crippen LogP contribution in [0.25, 0.3) is 0 Å². The van der Waals surface area contributed by atoms with Crippen LogP contribution < -0.4 is 5.73 Å². The highest BCUT2D eigenvalue weighted by atomic mass is 14.8. The van der Waals surface area contributed by atoms with Crippen LogP contribution in [0.1, 0.15) is 57.1 Å². The van der Waals surface area contributed by atoms with Crippen LogP contribution in [0.15, 0.2) is 24.3 Å². The third-order valence-corrected chi connectivity index (χ3v) is 4.82. The first-order valence-corrected chi connectivity index (χ1v) is 6.96. The van der Waals surface area contributed by atoms with Crippen LogP contribution >= 0.6 is 0 Å². The van der Waals surface area contributed by atoms with Crippen molar-refractivity contribution in [3.63, 3.8) is 0 Å². The van der Waals surface area contributed by atoms with Crippen LogP contribution in [0, 0.1) is 5.41 Å². The Morgan fingerprint density at radius 3 is 2.35 bits per heavy atom. The summed E-state index contributed by atoms with van der Waals surface area (Å²) in [5, 5.41) is 0. The summed E-state index contributed by atoms with van der Waals surface area (Å²) in [7, 11) is 0. The Hall–Kier alpha value is -0.820. The monoisotopic (exact) mass is 231 g/mol. The van der Waals surface area contributed by atoms with Gasteiger partial charge < -0.3 is 5.73 Å². The lowest BCUT2D eigenvalue weighted by molar-refractivity contribution is 0.0706. The highest BCUT2D eigenvalue weighted by Crippen LogP contribution is 2.53. The molecule has 1 aromatic rings. The van der Waals surface area contributed by atoms with Crippen molar-refractivity contribution in [2.45, 2.75) is 58.4 Å². The van der Waals surface area contributed by atoms with Crippen LogP contribution in [0.3, 0.4) is 0 Å². The number of nitrogens with two attached hydrogens (primary N) is 1. The maximum absolute atomic E-state index is 6.17. The average Bonchev–Trinajstić information content (AvgIpc) is 2.36. The van der Waals surface area contributed by atoms with Crippen molar-refractivity contribution >= 4 is 0 Å².